The largest absolute Gasteiger partial charge is 0.371 e. The van der Waals surface area contributed by atoms with Gasteiger partial charge in [-0.15, -0.1) is 0 Å². The van der Waals surface area contributed by atoms with Gasteiger partial charge in [0, 0.05) is 30.7 Å². The highest BCUT2D eigenvalue weighted by Gasteiger charge is 2.17. The number of piperidine rings is 1. The van der Waals surface area contributed by atoms with E-state index >= 15 is 0 Å². The lowest BCUT2D eigenvalue weighted by Gasteiger charge is -2.32. The average Bonchev–Trinajstić information content (AvgIpc) is 2.58. The van der Waals surface area contributed by atoms with Crippen LogP contribution in [0.25, 0.3) is 0 Å². The Balaban J connectivity index is 1.74. The Morgan fingerprint density at radius 3 is 2.62 bits per heavy atom. The second-order valence-corrected chi connectivity index (χ2v) is 6.84. The zero-order chi connectivity index (χ0) is 17.1. The number of carbonyl (C=O) groups is 1. The van der Waals surface area contributed by atoms with E-state index in [1.54, 1.807) is 6.20 Å². The average molecular weight is 323 g/mol. The molecule has 1 aliphatic heterocycles. The third-order valence-corrected chi connectivity index (χ3v) is 4.76. The summed E-state index contributed by atoms with van der Waals surface area (Å²) in [5.41, 5.74) is 4.63. The number of aromatic nitrogens is 1. The number of anilines is 2. The van der Waals surface area contributed by atoms with Gasteiger partial charge < -0.3 is 10.2 Å². The molecule has 0 aliphatic carbocycles. The van der Waals surface area contributed by atoms with Gasteiger partial charge in [-0.05, 0) is 56.4 Å². The van der Waals surface area contributed by atoms with Crippen LogP contribution in [0, 0.1) is 19.8 Å². The van der Waals surface area contributed by atoms with Crippen molar-refractivity contribution in [2.45, 2.75) is 33.6 Å². The van der Waals surface area contributed by atoms with Gasteiger partial charge >= 0.3 is 0 Å². The summed E-state index contributed by atoms with van der Waals surface area (Å²) >= 11 is 0. The van der Waals surface area contributed by atoms with E-state index < -0.39 is 0 Å². The first-order valence-electron chi connectivity index (χ1n) is 8.62. The first-order valence-corrected chi connectivity index (χ1v) is 8.62. The van der Waals surface area contributed by atoms with Gasteiger partial charge in [-0.1, -0.05) is 24.6 Å². The van der Waals surface area contributed by atoms with Gasteiger partial charge in [0.05, 0.1) is 0 Å². The molecule has 1 saturated heterocycles. The summed E-state index contributed by atoms with van der Waals surface area (Å²) in [4.78, 5) is 19.1. The van der Waals surface area contributed by atoms with Crippen LogP contribution in [0.4, 0.5) is 11.4 Å². The van der Waals surface area contributed by atoms with Crippen LogP contribution in [0.3, 0.4) is 0 Å². The predicted molar refractivity (Wildman–Crippen MR) is 98.7 cm³/mol. The van der Waals surface area contributed by atoms with Gasteiger partial charge in [0.25, 0.3) is 5.91 Å². The minimum atomic E-state index is -0.158. The topological polar surface area (TPSA) is 45.2 Å². The first-order chi connectivity index (χ1) is 11.5. The van der Waals surface area contributed by atoms with Gasteiger partial charge in [0.15, 0.2) is 0 Å². The zero-order valence-electron chi connectivity index (χ0n) is 14.7. The number of carbonyl (C=O) groups excluding carboxylic acids is 1. The maximum Gasteiger partial charge on any atom is 0.274 e. The van der Waals surface area contributed by atoms with Crippen molar-refractivity contribution in [3.05, 3.63) is 53.3 Å². The quantitative estimate of drug-likeness (QED) is 0.921. The zero-order valence-corrected chi connectivity index (χ0v) is 14.7. The van der Waals surface area contributed by atoms with Gasteiger partial charge in [-0.3, -0.25) is 9.78 Å². The number of hydrogen-bond acceptors (Lipinski definition) is 3. The van der Waals surface area contributed by atoms with Crippen molar-refractivity contribution in [1.82, 2.24) is 4.98 Å². The Bertz CT molecular complexity index is 733. The number of rotatable bonds is 3. The second-order valence-electron chi connectivity index (χ2n) is 6.84. The van der Waals surface area contributed by atoms with Crippen molar-refractivity contribution >= 4 is 17.3 Å². The Morgan fingerprint density at radius 1 is 1.17 bits per heavy atom. The molecule has 126 valence electrons. The Kier molecular flexibility index (Phi) is 4.84. The van der Waals surface area contributed by atoms with Crippen LogP contribution in [0.15, 0.2) is 36.5 Å². The normalized spacial score (nSPS) is 15.4. The summed E-state index contributed by atoms with van der Waals surface area (Å²) < 4.78 is 0. The van der Waals surface area contributed by atoms with E-state index in [1.807, 2.05) is 38.1 Å². The first kappa shape index (κ1) is 16.5. The van der Waals surface area contributed by atoms with E-state index in [9.17, 15) is 4.79 Å². The molecule has 0 bridgehead atoms. The number of benzene rings is 1. The van der Waals surface area contributed by atoms with Crippen LogP contribution < -0.4 is 10.2 Å². The monoisotopic (exact) mass is 323 g/mol. The number of amides is 1. The fraction of sp³-hybridized carbons (Fsp3) is 0.400. The Labute approximate surface area is 143 Å². The fourth-order valence-corrected chi connectivity index (χ4v) is 3.15. The Hall–Kier alpha value is -2.36. The maximum atomic E-state index is 12.5. The van der Waals surface area contributed by atoms with E-state index in [2.05, 4.69) is 28.2 Å². The second kappa shape index (κ2) is 7.04. The minimum absolute atomic E-state index is 0.158. The molecule has 1 fully saturated rings. The number of nitrogens with zero attached hydrogens (tertiary/aromatic N) is 2. The van der Waals surface area contributed by atoms with Gasteiger partial charge in [-0.2, -0.15) is 0 Å². The van der Waals surface area contributed by atoms with Crippen LogP contribution in [-0.2, 0) is 0 Å². The summed E-state index contributed by atoms with van der Waals surface area (Å²) in [6.45, 7) is 8.43. The molecule has 1 aliphatic rings. The molecule has 24 heavy (non-hydrogen) atoms. The SMILES string of the molecule is Cc1ccc(NC(=O)c2cc(N3CCC(C)CC3)ccn2)c(C)c1. The molecule has 0 saturated carbocycles. The molecule has 0 radical (unpaired) electrons. The van der Waals surface area contributed by atoms with Crippen LogP contribution >= 0.6 is 0 Å². The third-order valence-electron chi connectivity index (χ3n) is 4.76. The minimum Gasteiger partial charge on any atom is -0.371 e. The molecule has 0 spiro atoms. The highest BCUT2D eigenvalue weighted by molar-refractivity contribution is 6.03. The number of nitrogens with one attached hydrogen (secondary N) is 1. The van der Waals surface area contributed by atoms with Gasteiger partial charge in [-0.25, -0.2) is 0 Å². The standard InChI is InChI=1S/C20H25N3O/c1-14-7-10-23(11-8-14)17-6-9-21-19(13-17)20(24)22-18-5-4-15(2)12-16(18)3/h4-6,9,12-14H,7-8,10-11H2,1-3H3,(H,22,24). The van der Waals surface area contributed by atoms with Crippen LogP contribution in [0.1, 0.15) is 41.4 Å². The lowest BCUT2D eigenvalue weighted by atomic mass is 9.99. The molecule has 3 rings (SSSR count). The molecule has 4 heteroatoms. The van der Waals surface area contributed by atoms with Crippen LogP contribution in [0.2, 0.25) is 0 Å². The third kappa shape index (κ3) is 3.75. The molecular formula is C20H25N3O. The van der Waals surface area contributed by atoms with Crippen molar-refractivity contribution < 1.29 is 4.79 Å². The molecule has 4 nitrogen and oxygen atoms in total. The van der Waals surface area contributed by atoms with Gasteiger partial charge in [0.2, 0.25) is 0 Å². The number of aryl methyl sites for hydroxylation is 2. The summed E-state index contributed by atoms with van der Waals surface area (Å²) in [7, 11) is 0. The van der Waals surface area contributed by atoms with E-state index in [0.717, 1.165) is 35.9 Å². The summed E-state index contributed by atoms with van der Waals surface area (Å²) in [5, 5.41) is 2.97. The lowest BCUT2D eigenvalue weighted by molar-refractivity contribution is 0.102. The molecular weight excluding hydrogens is 298 g/mol. The fourth-order valence-electron chi connectivity index (χ4n) is 3.15. The number of pyridine rings is 1. The molecule has 1 amide bonds. The Morgan fingerprint density at radius 2 is 1.92 bits per heavy atom. The maximum absolute atomic E-state index is 12.5. The van der Waals surface area contributed by atoms with Crippen molar-refractivity contribution in [3.63, 3.8) is 0 Å². The highest BCUT2D eigenvalue weighted by Crippen LogP contribution is 2.23. The van der Waals surface area contributed by atoms with Crippen LogP contribution in [-0.4, -0.2) is 24.0 Å². The molecule has 0 atom stereocenters. The van der Waals surface area contributed by atoms with E-state index in [4.69, 9.17) is 0 Å². The smallest absolute Gasteiger partial charge is 0.274 e. The molecule has 1 aromatic heterocycles. The summed E-state index contributed by atoms with van der Waals surface area (Å²) in [5.74, 6) is 0.629. The van der Waals surface area contributed by atoms with Crippen molar-refractivity contribution in [2.75, 3.05) is 23.3 Å². The summed E-state index contributed by atoms with van der Waals surface area (Å²) in [6.07, 6.45) is 4.13. The molecule has 2 aromatic rings. The van der Waals surface area contributed by atoms with Crippen molar-refractivity contribution in [1.29, 1.82) is 0 Å². The van der Waals surface area contributed by atoms with E-state index in [1.165, 1.54) is 18.4 Å². The summed E-state index contributed by atoms with van der Waals surface area (Å²) in [6, 6.07) is 9.90. The van der Waals surface area contributed by atoms with Crippen molar-refractivity contribution in [2.24, 2.45) is 5.92 Å². The highest BCUT2D eigenvalue weighted by atomic mass is 16.1. The van der Waals surface area contributed by atoms with Gasteiger partial charge in [0.1, 0.15) is 5.69 Å². The molecule has 2 heterocycles. The predicted octanol–water partition coefficient (Wildman–Crippen LogP) is 4.19. The van der Waals surface area contributed by atoms with Crippen molar-refractivity contribution in [3.8, 4) is 0 Å². The van der Waals surface area contributed by atoms with E-state index in [-0.39, 0.29) is 5.91 Å². The molecule has 0 unspecified atom stereocenters. The molecule has 1 aromatic carbocycles. The lowest BCUT2D eigenvalue weighted by Crippen LogP contribution is -2.33. The van der Waals surface area contributed by atoms with Crippen LogP contribution in [0.5, 0.6) is 0 Å². The number of hydrogen-bond donors (Lipinski definition) is 1. The van der Waals surface area contributed by atoms with E-state index in [0.29, 0.717) is 5.69 Å². The molecule has 1 N–H and O–H groups in total.